The Bertz CT molecular complexity index is 1190. The third-order valence-electron chi connectivity index (χ3n) is 5.14. The number of hydrogen-bond acceptors (Lipinski definition) is 4. The number of para-hydroxylation sites is 1. The van der Waals surface area contributed by atoms with E-state index >= 15 is 0 Å². The molecule has 1 heterocycles. The summed E-state index contributed by atoms with van der Waals surface area (Å²) in [5, 5.41) is 13.1. The zero-order chi connectivity index (χ0) is 23.0. The first kappa shape index (κ1) is 23.1. The first-order valence-corrected chi connectivity index (χ1v) is 12.3. The molecule has 0 spiro atoms. The van der Waals surface area contributed by atoms with Gasteiger partial charge in [0.05, 0.1) is 5.75 Å². The molecule has 1 amide bonds. The molecule has 1 aromatic heterocycles. The lowest BCUT2D eigenvalue weighted by Crippen LogP contribution is -2.14. The molecular weight excluding hydrogens is 452 g/mol. The highest BCUT2D eigenvalue weighted by atomic mass is 35.5. The topological polar surface area (TPSA) is 59.8 Å². The molecule has 0 saturated heterocycles. The second-order valence-electron chi connectivity index (χ2n) is 7.62. The Morgan fingerprint density at radius 1 is 0.970 bits per heavy atom. The van der Waals surface area contributed by atoms with Gasteiger partial charge in [-0.2, -0.15) is 0 Å². The number of rotatable bonds is 9. The maximum Gasteiger partial charge on any atom is 0.234 e. The Labute approximate surface area is 203 Å². The number of carbonyl (C=O) groups excluding carboxylic acids is 1. The summed E-state index contributed by atoms with van der Waals surface area (Å²) in [6, 6.07) is 25.4. The number of halogens is 1. The Kier molecular flexibility index (Phi) is 7.81. The minimum atomic E-state index is -0.0861. The fourth-order valence-electron chi connectivity index (χ4n) is 3.42. The van der Waals surface area contributed by atoms with Crippen LogP contribution in [0.1, 0.15) is 25.3 Å². The smallest absolute Gasteiger partial charge is 0.234 e. The molecule has 0 bridgehead atoms. The van der Waals surface area contributed by atoms with Crippen LogP contribution >= 0.6 is 23.4 Å². The number of benzene rings is 3. The molecule has 0 aliphatic heterocycles. The number of anilines is 1. The molecule has 0 aliphatic carbocycles. The monoisotopic (exact) mass is 476 g/mol. The number of thioether (sulfide) groups is 1. The molecule has 4 rings (SSSR count). The molecule has 33 heavy (non-hydrogen) atoms. The number of amides is 1. The van der Waals surface area contributed by atoms with Crippen LogP contribution in [0.2, 0.25) is 5.02 Å². The highest BCUT2D eigenvalue weighted by Crippen LogP contribution is 2.28. The molecule has 3 aromatic carbocycles. The van der Waals surface area contributed by atoms with Crippen molar-refractivity contribution >= 4 is 35.0 Å². The first-order valence-electron chi connectivity index (χ1n) is 10.9. The maximum atomic E-state index is 12.6. The number of aromatic nitrogens is 3. The van der Waals surface area contributed by atoms with E-state index in [1.165, 1.54) is 30.2 Å². The minimum Gasteiger partial charge on any atom is -0.325 e. The lowest BCUT2D eigenvalue weighted by Gasteiger charge is -2.11. The number of hydrogen-bond donors (Lipinski definition) is 1. The normalized spacial score (nSPS) is 10.8. The number of nitrogens with zero attached hydrogens (tertiary/aromatic N) is 3. The van der Waals surface area contributed by atoms with Gasteiger partial charge < -0.3 is 5.32 Å². The lowest BCUT2D eigenvalue weighted by molar-refractivity contribution is -0.113. The molecule has 0 radical (unpaired) electrons. The zero-order valence-corrected chi connectivity index (χ0v) is 19.9. The van der Waals surface area contributed by atoms with Gasteiger partial charge in [0.1, 0.15) is 0 Å². The van der Waals surface area contributed by atoms with Crippen LogP contribution in [0.3, 0.4) is 0 Å². The van der Waals surface area contributed by atoms with E-state index in [0.717, 1.165) is 23.4 Å². The molecule has 0 unspecified atom stereocenters. The molecule has 0 fully saturated rings. The van der Waals surface area contributed by atoms with E-state index in [1.807, 2.05) is 71.3 Å². The molecule has 7 heteroatoms. The molecule has 0 atom stereocenters. The molecule has 0 saturated carbocycles. The summed E-state index contributed by atoms with van der Waals surface area (Å²) in [7, 11) is 0. The summed E-state index contributed by atoms with van der Waals surface area (Å²) in [6.45, 7) is 2.18. The van der Waals surface area contributed by atoms with Gasteiger partial charge in [-0.05, 0) is 66.9 Å². The van der Waals surface area contributed by atoms with Gasteiger partial charge in [-0.1, -0.05) is 67.0 Å². The van der Waals surface area contributed by atoms with Gasteiger partial charge in [-0.15, -0.1) is 10.2 Å². The van der Waals surface area contributed by atoms with Crippen LogP contribution in [-0.2, 0) is 11.2 Å². The van der Waals surface area contributed by atoms with Gasteiger partial charge in [0.15, 0.2) is 11.0 Å². The van der Waals surface area contributed by atoms with Crippen molar-refractivity contribution in [1.29, 1.82) is 0 Å². The number of aryl methyl sites for hydroxylation is 1. The Morgan fingerprint density at radius 3 is 2.39 bits per heavy atom. The third-order valence-corrected chi connectivity index (χ3v) is 6.32. The van der Waals surface area contributed by atoms with E-state index in [1.54, 1.807) is 0 Å². The highest BCUT2D eigenvalue weighted by Gasteiger charge is 2.17. The van der Waals surface area contributed by atoms with Crippen molar-refractivity contribution in [3.8, 4) is 17.1 Å². The predicted molar refractivity (Wildman–Crippen MR) is 136 cm³/mol. The zero-order valence-electron chi connectivity index (χ0n) is 18.4. The molecular formula is C26H25ClN4OS. The van der Waals surface area contributed by atoms with Gasteiger partial charge in [0.2, 0.25) is 5.91 Å². The number of nitrogens with one attached hydrogen (secondary N) is 1. The Hall–Kier alpha value is -3.09. The summed E-state index contributed by atoms with van der Waals surface area (Å²) < 4.78 is 1.96. The summed E-state index contributed by atoms with van der Waals surface area (Å²) in [5.41, 5.74) is 3.91. The second kappa shape index (κ2) is 11.2. The van der Waals surface area contributed by atoms with E-state index in [-0.39, 0.29) is 11.7 Å². The largest absolute Gasteiger partial charge is 0.325 e. The van der Waals surface area contributed by atoms with Crippen LogP contribution in [-0.4, -0.2) is 26.4 Å². The summed E-state index contributed by atoms with van der Waals surface area (Å²) in [6.07, 6.45) is 3.40. The van der Waals surface area contributed by atoms with Crippen LogP contribution in [0.4, 0.5) is 5.69 Å². The van der Waals surface area contributed by atoms with Crippen molar-refractivity contribution in [2.75, 3.05) is 11.1 Å². The maximum absolute atomic E-state index is 12.6. The van der Waals surface area contributed by atoms with Gasteiger partial charge in [-0.3, -0.25) is 9.36 Å². The Balaban J connectivity index is 1.48. The average molecular weight is 477 g/mol. The fourth-order valence-corrected chi connectivity index (χ4v) is 4.30. The SMILES string of the molecule is CCCCc1ccc(NC(=O)CSc2nnc(-c3ccc(Cl)cc3)n2-c2ccccc2)cc1. The van der Waals surface area contributed by atoms with Crippen molar-refractivity contribution in [2.45, 2.75) is 31.3 Å². The Morgan fingerprint density at radius 2 is 1.70 bits per heavy atom. The van der Waals surface area contributed by atoms with Gasteiger partial charge in [0, 0.05) is 22.0 Å². The van der Waals surface area contributed by atoms with Gasteiger partial charge in [-0.25, -0.2) is 0 Å². The number of carbonyl (C=O) groups is 1. The van der Waals surface area contributed by atoms with Crippen molar-refractivity contribution in [3.63, 3.8) is 0 Å². The molecule has 4 aromatic rings. The predicted octanol–water partition coefficient (Wildman–Crippen LogP) is 6.66. The van der Waals surface area contributed by atoms with Crippen molar-refractivity contribution in [3.05, 3.63) is 89.4 Å². The summed E-state index contributed by atoms with van der Waals surface area (Å²) >= 11 is 7.41. The van der Waals surface area contributed by atoms with E-state index in [2.05, 4.69) is 34.6 Å². The molecule has 1 N–H and O–H groups in total. The fraction of sp³-hybridized carbons (Fsp3) is 0.192. The van der Waals surface area contributed by atoms with Crippen molar-refractivity contribution in [2.24, 2.45) is 0 Å². The van der Waals surface area contributed by atoms with Crippen LogP contribution in [0.15, 0.2) is 84.0 Å². The molecule has 168 valence electrons. The van der Waals surface area contributed by atoms with Crippen molar-refractivity contribution < 1.29 is 4.79 Å². The quantitative estimate of drug-likeness (QED) is 0.274. The first-order chi connectivity index (χ1) is 16.1. The van der Waals surface area contributed by atoms with E-state index in [4.69, 9.17) is 11.6 Å². The molecule has 5 nitrogen and oxygen atoms in total. The minimum absolute atomic E-state index is 0.0861. The van der Waals surface area contributed by atoms with Gasteiger partial charge in [0.25, 0.3) is 0 Å². The average Bonchev–Trinajstić information content (AvgIpc) is 3.27. The lowest BCUT2D eigenvalue weighted by atomic mass is 10.1. The van der Waals surface area contributed by atoms with Crippen molar-refractivity contribution in [1.82, 2.24) is 14.8 Å². The van der Waals surface area contributed by atoms with Crippen LogP contribution in [0, 0.1) is 0 Å². The second-order valence-corrected chi connectivity index (χ2v) is 9.00. The van der Waals surface area contributed by atoms with Crippen LogP contribution < -0.4 is 5.32 Å². The standard InChI is InChI=1S/C26H25ClN4OS/c1-2-3-7-19-10-16-22(17-11-19)28-24(32)18-33-26-30-29-25(20-12-14-21(27)15-13-20)31(26)23-8-5-4-6-9-23/h4-6,8-17H,2-3,7,18H2,1H3,(H,28,32). The van der Waals surface area contributed by atoms with E-state index < -0.39 is 0 Å². The summed E-state index contributed by atoms with van der Waals surface area (Å²) in [4.78, 5) is 12.6. The number of unbranched alkanes of at least 4 members (excludes halogenated alkanes) is 1. The van der Waals surface area contributed by atoms with Crippen LogP contribution in [0.5, 0.6) is 0 Å². The highest BCUT2D eigenvalue weighted by molar-refractivity contribution is 7.99. The van der Waals surface area contributed by atoms with E-state index in [9.17, 15) is 4.79 Å². The van der Waals surface area contributed by atoms with Gasteiger partial charge >= 0.3 is 0 Å². The molecule has 0 aliphatic rings. The third kappa shape index (κ3) is 6.03. The van der Waals surface area contributed by atoms with Crippen LogP contribution in [0.25, 0.3) is 17.1 Å². The summed E-state index contributed by atoms with van der Waals surface area (Å²) in [5.74, 6) is 0.837. The van der Waals surface area contributed by atoms with E-state index in [0.29, 0.717) is 16.0 Å².